The Morgan fingerprint density at radius 2 is 2.00 bits per heavy atom. The second kappa shape index (κ2) is 7.23. The molecule has 0 saturated carbocycles. The van der Waals surface area contributed by atoms with E-state index in [1.807, 2.05) is 30.3 Å². The van der Waals surface area contributed by atoms with Crippen molar-refractivity contribution in [2.24, 2.45) is 0 Å². The van der Waals surface area contributed by atoms with Gasteiger partial charge in [-0.15, -0.1) is 11.3 Å². The van der Waals surface area contributed by atoms with E-state index in [0.717, 1.165) is 15.3 Å². The van der Waals surface area contributed by atoms with Crippen LogP contribution in [0.25, 0.3) is 22.9 Å². The third-order valence-corrected chi connectivity index (χ3v) is 4.41. The number of thiophene rings is 1. The van der Waals surface area contributed by atoms with Crippen molar-refractivity contribution in [1.29, 1.82) is 0 Å². The van der Waals surface area contributed by atoms with Gasteiger partial charge in [-0.05, 0) is 30.7 Å². The molecule has 1 aromatic carbocycles. The number of carbonyl (C=O) groups is 1. The molecule has 3 rings (SSSR count). The van der Waals surface area contributed by atoms with Gasteiger partial charge in [0.15, 0.2) is 0 Å². The van der Waals surface area contributed by atoms with Crippen LogP contribution in [-0.4, -0.2) is 16.0 Å². The summed E-state index contributed by atoms with van der Waals surface area (Å²) >= 11 is 1.53. The summed E-state index contributed by atoms with van der Waals surface area (Å²) in [4.78, 5) is 17.3. The van der Waals surface area contributed by atoms with Crippen LogP contribution in [0.4, 0.5) is 0 Å². The fourth-order valence-corrected chi connectivity index (χ4v) is 2.93. The van der Waals surface area contributed by atoms with Crippen LogP contribution in [0.5, 0.6) is 0 Å². The molecular formula is C18H17N3O2S. The summed E-state index contributed by atoms with van der Waals surface area (Å²) < 4.78 is 5.26. The van der Waals surface area contributed by atoms with Gasteiger partial charge >= 0.3 is 0 Å². The van der Waals surface area contributed by atoms with Crippen molar-refractivity contribution in [1.82, 2.24) is 15.5 Å². The fraction of sp³-hybridized carbons (Fsp3) is 0.167. The second-order valence-corrected chi connectivity index (χ2v) is 6.54. The van der Waals surface area contributed by atoms with Gasteiger partial charge in [0.05, 0.1) is 11.4 Å². The van der Waals surface area contributed by atoms with Crippen LogP contribution in [0.3, 0.4) is 0 Å². The molecule has 122 valence electrons. The van der Waals surface area contributed by atoms with Crippen LogP contribution in [0.15, 0.2) is 40.9 Å². The highest BCUT2D eigenvalue weighted by molar-refractivity contribution is 7.15. The molecule has 3 aromatic rings. The standard InChI is InChI=1S/C18H17N3O2S/c1-12-3-5-14(6-4-12)7-10-17-20-18(21-23-17)16-9-8-15(24-16)11-19-13(2)22/h3-10H,11H2,1-2H3,(H,19,22). The average Bonchev–Trinajstić information content (AvgIpc) is 3.21. The molecule has 5 nitrogen and oxygen atoms in total. The fourth-order valence-electron chi connectivity index (χ4n) is 2.05. The molecule has 0 spiro atoms. The van der Waals surface area contributed by atoms with E-state index >= 15 is 0 Å². The highest BCUT2D eigenvalue weighted by Gasteiger charge is 2.10. The molecule has 2 aromatic heterocycles. The minimum Gasteiger partial charge on any atom is -0.351 e. The first-order valence-corrected chi connectivity index (χ1v) is 8.34. The SMILES string of the molecule is CC(=O)NCc1ccc(-c2noc(C=Cc3ccc(C)cc3)n2)s1. The smallest absolute Gasteiger partial charge is 0.250 e. The number of amides is 1. The van der Waals surface area contributed by atoms with Crippen molar-refractivity contribution < 1.29 is 9.32 Å². The predicted molar refractivity (Wildman–Crippen MR) is 95.2 cm³/mol. The third kappa shape index (κ3) is 4.17. The maximum atomic E-state index is 11.0. The van der Waals surface area contributed by atoms with Gasteiger partial charge < -0.3 is 9.84 Å². The number of rotatable bonds is 5. The zero-order valence-corrected chi connectivity index (χ0v) is 14.3. The molecule has 1 amide bonds. The summed E-state index contributed by atoms with van der Waals surface area (Å²) in [5.41, 5.74) is 2.30. The van der Waals surface area contributed by atoms with Crippen molar-refractivity contribution >= 4 is 29.4 Å². The number of nitrogens with zero attached hydrogens (tertiary/aromatic N) is 2. The molecule has 0 unspecified atom stereocenters. The lowest BCUT2D eigenvalue weighted by Crippen LogP contribution is -2.17. The molecule has 1 N–H and O–H groups in total. The normalized spacial score (nSPS) is 11.1. The van der Waals surface area contributed by atoms with Crippen LogP contribution in [0, 0.1) is 6.92 Å². The highest BCUT2D eigenvalue weighted by atomic mass is 32.1. The number of carbonyl (C=O) groups excluding carboxylic acids is 1. The van der Waals surface area contributed by atoms with Gasteiger partial charge in [0.25, 0.3) is 5.89 Å². The maximum absolute atomic E-state index is 11.0. The van der Waals surface area contributed by atoms with E-state index in [1.165, 1.54) is 23.8 Å². The zero-order valence-electron chi connectivity index (χ0n) is 13.4. The van der Waals surface area contributed by atoms with Crippen LogP contribution < -0.4 is 5.32 Å². The van der Waals surface area contributed by atoms with Gasteiger partial charge in [0.1, 0.15) is 0 Å². The highest BCUT2D eigenvalue weighted by Crippen LogP contribution is 2.26. The van der Waals surface area contributed by atoms with Gasteiger partial charge in [-0.25, -0.2) is 0 Å². The van der Waals surface area contributed by atoms with E-state index in [-0.39, 0.29) is 5.91 Å². The van der Waals surface area contributed by atoms with E-state index in [9.17, 15) is 4.79 Å². The Bertz CT molecular complexity index is 863. The number of hydrogen-bond donors (Lipinski definition) is 1. The molecule has 0 fully saturated rings. The van der Waals surface area contributed by atoms with Gasteiger partial charge in [-0.2, -0.15) is 4.98 Å². The lowest BCUT2D eigenvalue weighted by atomic mass is 10.1. The molecule has 6 heteroatoms. The van der Waals surface area contributed by atoms with E-state index in [0.29, 0.717) is 18.3 Å². The van der Waals surface area contributed by atoms with Crippen LogP contribution in [0.2, 0.25) is 0 Å². The van der Waals surface area contributed by atoms with E-state index in [1.54, 1.807) is 6.08 Å². The monoisotopic (exact) mass is 339 g/mol. The molecule has 0 bridgehead atoms. The summed E-state index contributed by atoms with van der Waals surface area (Å²) in [6, 6.07) is 12.1. The van der Waals surface area contributed by atoms with Gasteiger partial charge in [0, 0.05) is 17.9 Å². The van der Waals surface area contributed by atoms with Gasteiger partial charge in [-0.1, -0.05) is 35.0 Å². The van der Waals surface area contributed by atoms with Crippen LogP contribution in [0.1, 0.15) is 28.8 Å². The van der Waals surface area contributed by atoms with Crippen LogP contribution in [-0.2, 0) is 11.3 Å². The van der Waals surface area contributed by atoms with Crippen molar-refractivity contribution in [3.63, 3.8) is 0 Å². The largest absolute Gasteiger partial charge is 0.351 e. The quantitative estimate of drug-likeness (QED) is 0.765. The summed E-state index contributed by atoms with van der Waals surface area (Å²) in [5.74, 6) is 0.966. The summed E-state index contributed by atoms with van der Waals surface area (Å²) in [7, 11) is 0. The van der Waals surface area contributed by atoms with E-state index < -0.39 is 0 Å². The Morgan fingerprint density at radius 3 is 2.75 bits per heavy atom. The van der Waals surface area contributed by atoms with E-state index in [4.69, 9.17) is 4.52 Å². The molecular weight excluding hydrogens is 322 g/mol. The number of hydrogen-bond acceptors (Lipinski definition) is 5. The molecule has 0 saturated heterocycles. The third-order valence-electron chi connectivity index (χ3n) is 3.33. The Morgan fingerprint density at radius 1 is 1.21 bits per heavy atom. The molecule has 2 heterocycles. The molecule has 0 radical (unpaired) electrons. The number of benzene rings is 1. The lowest BCUT2D eigenvalue weighted by Gasteiger charge is -1.96. The Hall–Kier alpha value is -2.73. The minimum absolute atomic E-state index is 0.0481. The minimum atomic E-state index is -0.0481. The average molecular weight is 339 g/mol. The van der Waals surface area contributed by atoms with Crippen molar-refractivity contribution in [3.05, 3.63) is 58.3 Å². The Balaban J connectivity index is 1.69. The predicted octanol–water partition coefficient (Wildman–Crippen LogP) is 3.91. The van der Waals surface area contributed by atoms with Crippen molar-refractivity contribution in [2.45, 2.75) is 20.4 Å². The number of nitrogens with one attached hydrogen (secondary N) is 1. The summed E-state index contributed by atoms with van der Waals surface area (Å²) in [5, 5.41) is 6.78. The Kier molecular flexibility index (Phi) is 4.86. The molecule has 0 atom stereocenters. The van der Waals surface area contributed by atoms with Gasteiger partial charge in [0.2, 0.25) is 11.7 Å². The van der Waals surface area contributed by atoms with Crippen molar-refractivity contribution in [3.8, 4) is 10.7 Å². The second-order valence-electron chi connectivity index (χ2n) is 5.38. The first kappa shape index (κ1) is 16.1. The van der Waals surface area contributed by atoms with Gasteiger partial charge in [-0.3, -0.25) is 4.79 Å². The molecule has 0 aliphatic rings. The Labute approximate surface area is 144 Å². The van der Waals surface area contributed by atoms with Crippen LogP contribution >= 0.6 is 11.3 Å². The maximum Gasteiger partial charge on any atom is 0.250 e. The zero-order chi connectivity index (χ0) is 16.9. The summed E-state index contributed by atoms with van der Waals surface area (Å²) in [6.45, 7) is 4.07. The first-order valence-electron chi connectivity index (χ1n) is 7.52. The van der Waals surface area contributed by atoms with E-state index in [2.05, 4.69) is 34.5 Å². The molecule has 0 aliphatic carbocycles. The first-order chi connectivity index (χ1) is 11.6. The number of aryl methyl sites for hydroxylation is 1. The number of aromatic nitrogens is 2. The molecule has 0 aliphatic heterocycles. The molecule has 24 heavy (non-hydrogen) atoms. The summed E-state index contributed by atoms with van der Waals surface area (Å²) in [6.07, 6.45) is 3.74. The lowest BCUT2D eigenvalue weighted by molar-refractivity contribution is -0.119. The van der Waals surface area contributed by atoms with Crippen molar-refractivity contribution in [2.75, 3.05) is 0 Å². The topological polar surface area (TPSA) is 68.0 Å².